The van der Waals surface area contributed by atoms with Crippen LogP contribution in [-0.4, -0.2) is 53.6 Å². The van der Waals surface area contributed by atoms with Crippen LogP contribution in [0.1, 0.15) is 37.7 Å². The minimum absolute atomic E-state index is 0.0478. The molecule has 1 aliphatic carbocycles. The van der Waals surface area contributed by atoms with E-state index in [-0.39, 0.29) is 29.5 Å². The van der Waals surface area contributed by atoms with Gasteiger partial charge in [-0.05, 0) is 43.9 Å². The van der Waals surface area contributed by atoms with Crippen molar-refractivity contribution in [2.24, 2.45) is 0 Å². The molecule has 28 heavy (non-hydrogen) atoms. The fourth-order valence-electron chi connectivity index (χ4n) is 4.49. The third-order valence-electron chi connectivity index (χ3n) is 5.85. The number of thioether (sulfide) groups is 1. The number of pyridine rings is 1. The number of fused-ring (bicyclic) bond motifs is 1. The molecule has 2 fully saturated rings. The Kier molecular flexibility index (Phi) is 5.65. The van der Waals surface area contributed by atoms with Gasteiger partial charge in [-0.2, -0.15) is 0 Å². The van der Waals surface area contributed by atoms with Crippen LogP contribution in [0.15, 0.2) is 35.4 Å². The Balaban J connectivity index is 1.50. The summed E-state index contributed by atoms with van der Waals surface area (Å²) < 4.78 is 23.9. The molecular formula is C21H26N2O3S2. The predicted octanol–water partition coefficient (Wildman–Crippen LogP) is 3.59. The smallest absolute Gasteiger partial charge is 0.233 e. The maximum Gasteiger partial charge on any atom is 0.233 e. The summed E-state index contributed by atoms with van der Waals surface area (Å²) >= 11 is 1.45. The summed E-state index contributed by atoms with van der Waals surface area (Å²) in [6, 6.07) is 10.1. The molecule has 0 spiro atoms. The summed E-state index contributed by atoms with van der Waals surface area (Å²) in [6.45, 7) is 2.06. The van der Waals surface area contributed by atoms with Crippen LogP contribution in [0.4, 0.5) is 0 Å². The molecule has 0 radical (unpaired) electrons. The summed E-state index contributed by atoms with van der Waals surface area (Å²) in [7, 11) is -3.01. The van der Waals surface area contributed by atoms with Gasteiger partial charge in [-0.15, -0.1) is 0 Å². The number of carbonyl (C=O) groups excluding carboxylic acids is 1. The van der Waals surface area contributed by atoms with Crippen molar-refractivity contribution in [1.82, 2.24) is 9.88 Å². The highest BCUT2D eigenvalue weighted by Gasteiger charge is 2.38. The molecule has 0 unspecified atom stereocenters. The first-order valence-corrected chi connectivity index (χ1v) is 12.7. The lowest BCUT2D eigenvalue weighted by atomic mass is 10.1. The number of sulfone groups is 1. The number of aromatic nitrogens is 1. The summed E-state index contributed by atoms with van der Waals surface area (Å²) in [4.78, 5) is 19.7. The van der Waals surface area contributed by atoms with Crippen molar-refractivity contribution >= 4 is 38.4 Å². The molecule has 1 amide bonds. The SMILES string of the molecule is Cc1cc(SCC(=O)N(C2CCCC2)[C@@H]2CCS(=O)(=O)C2)nc2ccccc12. The quantitative estimate of drug-likeness (QED) is 0.694. The van der Waals surface area contributed by atoms with Gasteiger partial charge in [0.05, 0.1) is 27.8 Å². The van der Waals surface area contributed by atoms with Gasteiger partial charge in [-0.3, -0.25) is 4.79 Å². The van der Waals surface area contributed by atoms with Crippen LogP contribution in [0.25, 0.3) is 10.9 Å². The Morgan fingerprint density at radius 3 is 2.64 bits per heavy atom. The Labute approximate surface area is 170 Å². The van der Waals surface area contributed by atoms with E-state index in [0.29, 0.717) is 12.2 Å². The molecule has 1 aromatic heterocycles. The van der Waals surface area contributed by atoms with Crippen LogP contribution >= 0.6 is 11.8 Å². The van der Waals surface area contributed by atoms with E-state index in [9.17, 15) is 13.2 Å². The van der Waals surface area contributed by atoms with Crippen LogP contribution in [-0.2, 0) is 14.6 Å². The monoisotopic (exact) mass is 418 g/mol. The minimum atomic E-state index is -3.01. The molecule has 2 aromatic rings. The molecule has 1 aliphatic heterocycles. The molecule has 1 saturated carbocycles. The predicted molar refractivity (Wildman–Crippen MR) is 113 cm³/mol. The van der Waals surface area contributed by atoms with Crippen LogP contribution in [0.2, 0.25) is 0 Å². The fraction of sp³-hybridized carbons (Fsp3) is 0.524. The lowest BCUT2D eigenvalue weighted by molar-refractivity contribution is -0.132. The molecule has 2 heterocycles. The minimum Gasteiger partial charge on any atom is -0.335 e. The number of para-hydroxylation sites is 1. The fourth-order valence-corrected chi connectivity index (χ4v) is 7.04. The van der Waals surface area contributed by atoms with Gasteiger partial charge in [0.2, 0.25) is 5.91 Å². The second-order valence-electron chi connectivity index (χ2n) is 7.88. The van der Waals surface area contributed by atoms with E-state index in [4.69, 9.17) is 0 Å². The van der Waals surface area contributed by atoms with Gasteiger partial charge in [-0.1, -0.05) is 42.8 Å². The number of aryl methyl sites for hydroxylation is 1. The number of hydrogen-bond donors (Lipinski definition) is 0. The maximum atomic E-state index is 13.1. The number of carbonyl (C=O) groups is 1. The average molecular weight is 419 g/mol. The average Bonchev–Trinajstić information content (AvgIpc) is 3.30. The second-order valence-corrected chi connectivity index (χ2v) is 11.1. The molecule has 1 atom stereocenters. The third-order valence-corrected chi connectivity index (χ3v) is 8.50. The van der Waals surface area contributed by atoms with E-state index in [0.717, 1.165) is 47.2 Å². The Morgan fingerprint density at radius 2 is 1.93 bits per heavy atom. The summed E-state index contributed by atoms with van der Waals surface area (Å²) in [5.74, 6) is 0.671. The van der Waals surface area contributed by atoms with Gasteiger partial charge in [0, 0.05) is 17.5 Å². The zero-order chi connectivity index (χ0) is 19.7. The zero-order valence-electron chi connectivity index (χ0n) is 16.1. The summed E-state index contributed by atoms with van der Waals surface area (Å²) in [5.41, 5.74) is 2.09. The first kappa shape index (κ1) is 19.7. The number of hydrogen-bond acceptors (Lipinski definition) is 5. The van der Waals surface area contributed by atoms with Gasteiger partial charge in [-0.25, -0.2) is 13.4 Å². The number of rotatable bonds is 5. The van der Waals surface area contributed by atoms with E-state index in [1.165, 1.54) is 11.8 Å². The van der Waals surface area contributed by atoms with Crippen molar-refractivity contribution in [1.29, 1.82) is 0 Å². The van der Waals surface area contributed by atoms with E-state index in [1.54, 1.807) is 0 Å². The van der Waals surface area contributed by atoms with Crippen LogP contribution in [0.3, 0.4) is 0 Å². The molecule has 4 rings (SSSR count). The van der Waals surface area contributed by atoms with E-state index < -0.39 is 9.84 Å². The summed E-state index contributed by atoms with van der Waals surface area (Å²) in [5, 5.41) is 1.97. The standard InChI is InChI=1S/C21H26N2O3S2/c1-15-12-20(22-19-9-5-4-8-18(15)19)27-13-21(24)23(16-6-2-3-7-16)17-10-11-28(25,26)14-17/h4-5,8-9,12,16-17H,2-3,6-7,10-11,13-14H2,1H3/t17-/m1/s1. The molecule has 5 nitrogen and oxygen atoms in total. The van der Waals surface area contributed by atoms with E-state index in [1.807, 2.05) is 29.2 Å². The topological polar surface area (TPSA) is 67.3 Å². The van der Waals surface area contributed by atoms with Crippen LogP contribution < -0.4 is 0 Å². The number of amides is 1. The van der Waals surface area contributed by atoms with Crippen LogP contribution in [0, 0.1) is 6.92 Å². The normalized spacial score (nSPS) is 22.0. The van der Waals surface area contributed by atoms with Crippen molar-refractivity contribution < 1.29 is 13.2 Å². The maximum absolute atomic E-state index is 13.1. The molecular weight excluding hydrogens is 392 g/mol. The number of nitrogens with zero attached hydrogens (tertiary/aromatic N) is 2. The molecule has 0 N–H and O–H groups in total. The lowest BCUT2D eigenvalue weighted by Gasteiger charge is -2.34. The van der Waals surface area contributed by atoms with Gasteiger partial charge in [0.15, 0.2) is 9.84 Å². The van der Waals surface area contributed by atoms with Crippen molar-refractivity contribution in [2.45, 2.75) is 56.1 Å². The van der Waals surface area contributed by atoms with Gasteiger partial charge in [0.25, 0.3) is 0 Å². The highest BCUT2D eigenvalue weighted by atomic mass is 32.2. The second kappa shape index (κ2) is 8.03. The lowest BCUT2D eigenvalue weighted by Crippen LogP contribution is -2.47. The first-order valence-electron chi connectivity index (χ1n) is 9.94. The Bertz CT molecular complexity index is 984. The third kappa shape index (κ3) is 4.20. The highest BCUT2D eigenvalue weighted by Crippen LogP contribution is 2.31. The molecule has 1 saturated heterocycles. The zero-order valence-corrected chi connectivity index (χ0v) is 17.8. The number of benzene rings is 1. The van der Waals surface area contributed by atoms with Gasteiger partial charge >= 0.3 is 0 Å². The van der Waals surface area contributed by atoms with Crippen LogP contribution in [0.5, 0.6) is 0 Å². The van der Waals surface area contributed by atoms with Crippen molar-refractivity contribution in [3.05, 3.63) is 35.9 Å². The van der Waals surface area contributed by atoms with Crippen molar-refractivity contribution in [3.8, 4) is 0 Å². The Hall–Kier alpha value is -1.60. The molecule has 150 valence electrons. The van der Waals surface area contributed by atoms with Gasteiger partial charge < -0.3 is 4.90 Å². The Morgan fingerprint density at radius 1 is 1.18 bits per heavy atom. The summed E-state index contributed by atoms with van der Waals surface area (Å²) in [6.07, 6.45) is 4.78. The highest BCUT2D eigenvalue weighted by molar-refractivity contribution is 7.99. The molecule has 2 aliphatic rings. The van der Waals surface area contributed by atoms with Crippen molar-refractivity contribution in [2.75, 3.05) is 17.3 Å². The van der Waals surface area contributed by atoms with Crippen molar-refractivity contribution in [3.63, 3.8) is 0 Å². The molecule has 0 bridgehead atoms. The largest absolute Gasteiger partial charge is 0.335 e. The first-order chi connectivity index (χ1) is 13.4. The van der Waals surface area contributed by atoms with Gasteiger partial charge in [0.1, 0.15) is 0 Å². The van der Waals surface area contributed by atoms with E-state index in [2.05, 4.69) is 18.0 Å². The molecule has 1 aromatic carbocycles. The van der Waals surface area contributed by atoms with E-state index >= 15 is 0 Å². The molecule has 7 heteroatoms.